The molecular weight excluding hydrogens is 362 g/mol. The number of aromatic nitrogens is 2. The van der Waals surface area contributed by atoms with Crippen molar-refractivity contribution in [1.82, 2.24) is 9.97 Å². The maximum atomic E-state index is 9.08. The van der Waals surface area contributed by atoms with E-state index in [1.54, 1.807) is 41.7 Å². The Morgan fingerprint density at radius 2 is 1.54 bits per heavy atom. The molecule has 0 saturated heterocycles. The van der Waals surface area contributed by atoms with Crippen molar-refractivity contribution in [3.63, 3.8) is 0 Å². The molecule has 0 bridgehead atoms. The fraction of sp³-hybridized carbons (Fsp3) is 0. The summed E-state index contributed by atoms with van der Waals surface area (Å²) in [5, 5.41) is 30.9. The number of thioether (sulfide) groups is 2. The van der Waals surface area contributed by atoms with Gasteiger partial charge in [-0.05, 0) is 23.0 Å². The summed E-state index contributed by atoms with van der Waals surface area (Å²) in [6, 6.07) is 5.18. The number of hydrogen-bond acceptors (Lipinski definition) is 7. The summed E-state index contributed by atoms with van der Waals surface area (Å²) >= 11 is 3.39. The van der Waals surface area contributed by atoms with Gasteiger partial charge < -0.3 is 0 Å². The lowest BCUT2D eigenvalue weighted by molar-refractivity contribution is 1.15. The summed E-state index contributed by atoms with van der Waals surface area (Å²) in [4.78, 5) is 8.24. The zero-order valence-electron chi connectivity index (χ0n) is 13.4. The third-order valence-electron chi connectivity index (χ3n) is 2.88. The van der Waals surface area contributed by atoms with E-state index < -0.39 is 0 Å². The van der Waals surface area contributed by atoms with Crippen molar-refractivity contribution in [2.45, 2.75) is 0 Å². The summed E-state index contributed by atoms with van der Waals surface area (Å²) in [5.74, 6) is 0. The summed E-state index contributed by atoms with van der Waals surface area (Å²) in [7, 11) is 0. The van der Waals surface area contributed by atoms with Gasteiger partial charge >= 0.3 is 0 Å². The van der Waals surface area contributed by atoms with Gasteiger partial charge in [0.15, 0.2) is 0 Å². The molecule has 0 fully saturated rings. The van der Waals surface area contributed by atoms with Crippen molar-refractivity contribution in [2.24, 2.45) is 0 Å². The lowest BCUT2D eigenvalue weighted by Crippen LogP contribution is -1.93. The van der Waals surface area contributed by atoms with Gasteiger partial charge in [0.25, 0.3) is 0 Å². The van der Waals surface area contributed by atoms with Crippen LogP contribution in [-0.4, -0.2) is 9.97 Å². The Labute approximate surface area is 160 Å². The lowest BCUT2D eigenvalue weighted by atomic mass is 10.1. The molecule has 2 heterocycles. The van der Waals surface area contributed by atoms with Crippen molar-refractivity contribution in [2.75, 3.05) is 0 Å². The number of nitrogens with zero attached hydrogens (tertiary/aromatic N) is 5. The highest BCUT2D eigenvalue weighted by Gasteiger charge is 2.10. The van der Waals surface area contributed by atoms with Crippen LogP contribution in [0.15, 0.2) is 69.5 Å². The fourth-order valence-electron chi connectivity index (χ4n) is 1.71. The van der Waals surface area contributed by atoms with E-state index in [1.165, 1.54) is 16.6 Å². The lowest BCUT2D eigenvalue weighted by Gasteiger charge is -1.98. The summed E-state index contributed by atoms with van der Waals surface area (Å²) < 4.78 is 1.24. The third kappa shape index (κ3) is 5.65. The van der Waals surface area contributed by atoms with Crippen molar-refractivity contribution in [3.8, 4) is 18.2 Å². The number of rotatable bonds is 5. The third-order valence-corrected chi connectivity index (χ3v) is 4.91. The van der Waals surface area contributed by atoms with Gasteiger partial charge in [0, 0.05) is 4.24 Å². The molecule has 26 heavy (non-hydrogen) atoms. The standard InChI is InChI=1S/C19H11N5S2/c20-10-15(11-21)17(12-22)18-14-23-16(13-24-18)6-4-2-1-3-5-7-19-25-8-9-26-19/h1-9,13-14H/b2-1+,5-3+,6-4+. The second kappa shape index (κ2) is 10.5. The molecule has 0 aromatic carbocycles. The Balaban J connectivity index is 1.97. The molecule has 0 unspecified atom stereocenters. The Kier molecular flexibility index (Phi) is 7.71. The van der Waals surface area contributed by atoms with Gasteiger partial charge in [-0.1, -0.05) is 53.9 Å². The minimum atomic E-state index is -0.278. The van der Waals surface area contributed by atoms with Gasteiger partial charge in [0.05, 0.1) is 18.1 Å². The molecule has 1 aromatic heterocycles. The monoisotopic (exact) mass is 373 g/mol. The normalized spacial score (nSPS) is 13.0. The molecule has 5 nitrogen and oxygen atoms in total. The Bertz CT molecular complexity index is 933. The quantitative estimate of drug-likeness (QED) is 0.544. The number of hydrogen-bond donors (Lipinski definition) is 0. The highest BCUT2D eigenvalue weighted by molar-refractivity contribution is 8.27. The van der Waals surface area contributed by atoms with E-state index in [9.17, 15) is 0 Å². The van der Waals surface area contributed by atoms with Gasteiger partial charge in [-0.15, -0.1) is 0 Å². The molecule has 0 saturated carbocycles. The van der Waals surface area contributed by atoms with E-state index in [0.717, 1.165) is 0 Å². The van der Waals surface area contributed by atoms with Gasteiger partial charge in [-0.25, -0.2) is 0 Å². The van der Waals surface area contributed by atoms with E-state index >= 15 is 0 Å². The van der Waals surface area contributed by atoms with Crippen molar-refractivity contribution in [3.05, 3.63) is 80.9 Å². The highest BCUT2D eigenvalue weighted by atomic mass is 32.2. The summed E-state index contributed by atoms with van der Waals surface area (Å²) in [6.07, 6.45) is 16.1. The Morgan fingerprint density at radius 1 is 0.846 bits per heavy atom. The second-order valence-electron chi connectivity index (χ2n) is 4.53. The minimum Gasteiger partial charge on any atom is -0.253 e. The van der Waals surface area contributed by atoms with Crippen LogP contribution < -0.4 is 0 Å². The van der Waals surface area contributed by atoms with Crippen molar-refractivity contribution in [1.29, 1.82) is 15.8 Å². The van der Waals surface area contributed by atoms with Crippen molar-refractivity contribution >= 4 is 35.2 Å². The molecule has 0 amide bonds. The van der Waals surface area contributed by atoms with Gasteiger partial charge in [-0.3, -0.25) is 9.97 Å². The van der Waals surface area contributed by atoms with E-state index in [-0.39, 0.29) is 16.8 Å². The first-order valence-corrected chi connectivity index (χ1v) is 9.01. The largest absolute Gasteiger partial charge is 0.253 e. The summed E-state index contributed by atoms with van der Waals surface area (Å²) in [5.41, 5.74) is 0.444. The van der Waals surface area contributed by atoms with Gasteiger partial charge in [0.2, 0.25) is 0 Å². The molecule has 0 radical (unpaired) electrons. The SMILES string of the molecule is N#CC(C#N)=C(C#N)c1cnc(/C=C/C=C/C=C/C=C2SC=CS2)cn1. The first-order chi connectivity index (χ1) is 12.8. The molecule has 1 aliphatic heterocycles. The predicted octanol–water partition coefficient (Wildman–Crippen LogP) is 4.72. The van der Waals surface area contributed by atoms with Crippen LogP contribution in [0.25, 0.3) is 11.6 Å². The van der Waals surface area contributed by atoms with Crippen LogP contribution >= 0.6 is 23.5 Å². The minimum absolute atomic E-state index is 0.0778. The molecule has 1 aromatic rings. The van der Waals surface area contributed by atoms with Crippen molar-refractivity contribution < 1.29 is 0 Å². The number of nitriles is 3. The summed E-state index contributed by atoms with van der Waals surface area (Å²) in [6.45, 7) is 0. The first kappa shape index (κ1) is 19.0. The molecule has 0 N–H and O–H groups in total. The van der Waals surface area contributed by atoms with Crippen LogP contribution in [0, 0.1) is 34.0 Å². The fourth-order valence-corrected chi connectivity index (χ4v) is 3.29. The second-order valence-corrected chi connectivity index (χ2v) is 6.69. The predicted molar refractivity (Wildman–Crippen MR) is 106 cm³/mol. The van der Waals surface area contributed by atoms with Crippen LogP contribution in [0.3, 0.4) is 0 Å². The topological polar surface area (TPSA) is 97.2 Å². The average molecular weight is 373 g/mol. The van der Waals surface area contributed by atoms with E-state index in [1.807, 2.05) is 53.3 Å². The van der Waals surface area contributed by atoms with Crippen LogP contribution in [0.5, 0.6) is 0 Å². The molecule has 0 atom stereocenters. The molecule has 0 spiro atoms. The molecule has 1 aliphatic rings. The van der Waals surface area contributed by atoms with Gasteiger partial charge in [-0.2, -0.15) is 15.8 Å². The van der Waals surface area contributed by atoms with E-state index in [0.29, 0.717) is 5.69 Å². The average Bonchev–Trinajstić information content (AvgIpc) is 3.19. The van der Waals surface area contributed by atoms with Gasteiger partial charge in [0.1, 0.15) is 35.0 Å². The van der Waals surface area contributed by atoms with Crippen LogP contribution in [-0.2, 0) is 0 Å². The molecule has 7 heteroatoms. The maximum Gasteiger partial charge on any atom is 0.149 e. The van der Waals surface area contributed by atoms with Crippen LogP contribution in [0.4, 0.5) is 0 Å². The zero-order chi connectivity index (χ0) is 18.6. The Hall–Kier alpha value is -3.31. The Morgan fingerprint density at radius 3 is 2.15 bits per heavy atom. The molecule has 0 aliphatic carbocycles. The molecule has 2 rings (SSSR count). The van der Waals surface area contributed by atoms with Crippen LogP contribution in [0.2, 0.25) is 0 Å². The smallest absolute Gasteiger partial charge is 0.149 e. The van der Waals surface area contributed by atoms with E-state index in [2.05, 4.69) is 9.97 Å². The molecule has 124 valence electrons. The maximum absolute atomic E-state index is 9.08. The number of allylic oxidation sites excluding steroid dienone is 8. The van der Waals surface area contributed by atoms with Crippen LogP contribution in [0.1, 0.15) is 11.4 Å². The first-order valence-electron chi connectivity index (χ1n) is 7.25. The zero-order valence-corrected chi connectivity index (χ0v) is 15.0. The highest BCUT2D eigenvalue weighted by Crippen LogP contribution is 2.37. The van der Waals surface area contributed by atoms with E-state index in [4.69, 9.17) is 15.8 Å². The molecular formula is C19H11N5S2.